The number of halogens is 2. The number of hydrogen-bond donors (Lipinski definition) is 1. The third-order valence-corrected chi connectivity index (χ3v) is 4.60. The molecule has 0 aromatic heterocycles. The van der Waals surface area contributed by atoms with Crippen LogP contribution in [0.25, 0.3) is 6.08 Å². The summed E-state index contributed by atoms with van der Waals surface area (Å²) in [5.74, 6) is -0.193. The zero-order chi connectivity index (χ0) is 19.4. The van der Waals surface area contributed by atoms with Crippen LogP contribution >= 0.6 is 11.8 Å². The molecule has 1 aliphatic rings. The van der Waals surface area contributed by atoms with Crippen molar-refractivity contribution in [2.75, 3.05) is 7.11 Å². The molecule has 1 saturated heterocycles. The van der Waals surface area contributed by atoms with Gasteiger partial charge in [0, 0.05) is 0 Å². The number of amidine groups is 1. The molecule has 0 radical (unpaired) electrons. The SMILES string of the molecule is COc1cc(/C=C2/SC(=Nc3ccccc3C)NC2=O)ccc1OC(F)F. The summed E-state index contributed by atoms with van der Waals surface area (Å²) < 4.78 is 34.3. The van der Waals surface area contributed by atoms with Crippen LogP contribution in [-0.4, -0.2) is 24.8 Å². The molecule has 1 N–H and O–H groups in total. The predicted molar refractivity (Wildman–Crippen MR) is 102 cm³/mol. The van der Waals surface area contributed by atoms with Crippen LogP contribution in [0.1, 0.15) is 11.1 Å². The summed E-state index contributed by atoms with van der Waals surface area (Å²) in [6.07, 6.45) is 1.63. The number of thioether (sulfide) groups is 1. The molecule has 0 unspecified atom stereocenters. The van der Waals surface area contributed by atoms with Gasteiger partial charge in [0.05, 0.1) is 17.7 Å². The number of carbonyl (C=O) groups is 1. The fraction of sp³-hybridized carbons (Fsp3) is 0.158. The largest absolute Gasteiger partial charge is 0.493 e. The maximum atomic E-state index is 12.4. The van der Waals surface area contributed by atoms with Crippen molar-refractivity contribution >= 4 is 34.6 Å². The zero-order valence-electron chi connectivity index (χ0n) is 14.5. The monoisotopic (exact) mass is 390 g/mol. The van der Waals surface area contributed by atoms with E-state index in [9.17, 15) is 13.6 Å². The van der Waals surface area contributed by atoms with E-state index in [4.69, 9.17) is 4.74 Å². The van der Waals surface area contributed by atoms with Crippen molar-refractivity contribution in [3.05, 3.63) is 58.5 Å². The highest BCUT2D eigenvalue weighted by Crippen LogP contribution is 2.33. The first-order valence-electron chi connectivity index (χ1n) is 7.94. The molecule has 2 aromatic carbocycles. The van der Waals surface area contributed by atoms with E-state index in [-0.39, 0.29) is 17.4 Å². The zero-order valence-corrected chi connectivity index (χ0v) is 15.3. The standard InChI is InChI=1S/C19H16F2N2O3S/c1-11-5-3-4-6-13(11)22-19-23-17(24)16(27-19)10-12-7-8-14(26-18(20)21)15(9-12)25-2/h3-10,18H,1-2H3,(H,22,23,24)/b16-10+. The van der Waals surface area contributed by atoms with Crippen molar-refractivity contribution in [2.45, 2.75) is 13.5 Å². The number of alkyl halides is 2. The van der Waals surface area contributed by atoms with Gasteiger partial charge in [-0.25, -0.2) is 4.99 Å². The Bertz CT molecular complexity index is 929. The number of para-hydroxylation sites is 1. The quantitative estimate of drug-likeness (QED) is 0.764. The lowest BCUT2D eigenvalue weighted by molar-refractivity contribution is -0.115. The molecule has 0 saturated carbocycles. The van der Waals surface area contributed by atoms with Gasteiger partial charge in [0.25, 0.3) is 5.91 Å². The molecular formula is C19H16F2N2O3S. The molecule has 3 rings (SSSR count). The van der Waals surface area contributed by atoms with Crippen LogP contribution in [0.3, 0.4) is 0 Å². The number of amides is 1. The Labute approximate surface area is 159 Å². The number of ether oxygens (including phenoxy) is 2. The van der Waals surface area contributed by atoms with E-state index >= 15 is 0 Å². The van der Waals surface area contributed by atoms with Gasteiger partial charge in [0.15, 0.2) is 16.7 Å². The van der Waals surface area contributed by atoms with Crippen molar-refractivity contribution in [2.24, 2.45) is 4.99 Å². The predicted octanol–water partition coefficient (Wildman–Crippen LogP) is 4.50. The highest BCUT2D eigenvalue weighted by molar-refractivity contribution is 8.18. The van der Waals surface area contributed by atoms with E-state index in [2.05, 4.69) is 15.0 Å². The minimum atomic E-state index is -2.94. The molecule has 2 aromatic rings. The van der Waals surface area contributed by atoms with Crippen LogP contribution in [0.2, 0.25) is 0 Å². The summed E-state index contributed by atoms with van der Waals surface area (Å²) in [5, 5.41) is 3.19. The molecule has 1 heterocycles. The molecule has 5 nitrogen and oxygen atoms in total. The Hall–Kier alpha value is -2.87. The molecule has 140 valence electrons. The van der Waals surface area contributed by atoms with Crippen molar-refractivity contribution < 1.29 is 23.0 Å². The summed E-state index contributed by atoms with van der Waals surface area (Å²) in [7, 11) is 1.36. The third kappa shape index (κ3) is 4.65. The van der Waals surface area contributed by atoms with Crippen LogP contribution < -0.4 is 14.8 Å². The van der Waals surface area contributed by atoms with E-state index in [1.165, 1.54) is 31.0 Å². The van der Waals surface area contributed by atoms with E-state index in [0.29, 0.717) is 15.6 Å². The van der Waals surface area contributed by atoms with Gasteiger partial charge in [-0.15, -0.1) is 0 Å². The van der Waals surface area contributed by atoms with Gasteiger partial charge in [-0.1, -0.05) is 24.3 Å². The molecule has 1 aliphatic heterocycles. The lowest BCUT2D eigenvalue weighted by Gasteiger charge is -2.10. The molecule has 0 atom stereocenters. The van der Waals surface area contributed by atoms with E-state index < -0.39 is 6.61 Å². The second-order valence-electron chi connectivity index (χ2n) is 5.56. The number of aryl methyl sites for hydroxylation is 1. The lowest BCUT2D eigenvalue weighted by atomic mass is 10.2. The topological polar surface area (TPSA) is 59.9 Å². The normalized spacial score (nSPS) is 16.9. The van der Waals surface area contributed by atoms with Crippen LogP contribution in [0, 0.1) is 6.92 Å². The number of rotatable bonds is 5. The lowest BCUT2D eigenvalue weighted by Crippen LogP contribution is -2.19. The van der Waals surface area contributed by atoms with E-state index in [1.54, 1.807) is 12.1 Å². The highest BCUT2D eigenvalue weighted by atomic mass is 32.2. The Morgan fingerprint density at radius 2 is 1.96 bits per heavy atom. The summed E-state index contributed by atoms with van der Waals surface area (Å²) in [5.41, 5.74) is 2.39. The Balaban J connectivity index is 1.83. The first-order chi connectivity index (χ1) is 13.0. The molecule has 0 aliphatic carbocycles. The van der Waals surface area contributed by atoms with Crippen LogP contribution in [0.15, 0.2) is 52.4 Å². The first-order valence-corrected chi connectivity index (χ1v) is 8.76. The minimum Gasteiger partial charge on any atom is -0.493 e. The fourth-order valence-electron chi connectivity index (χ4n) is 2.40. The molecule has 27 heavy (non-hydrogen) atoms. The summed E-state index contributed by atoms with van der Waals surface area (Å²) in [6.45, 7) is -1.01. The fourth-order valence-corrected chi connectivity index (χ4v) is 3.23. The van der Waals surface area contributed by atoms with E-state index in [1.807, 2.05) is 31.2 Å². The maximum absolute atomic E-state index is 12.4. The maximum Gasteiger partial charge on any atom is 0.387 e. The first kappa shape index (κ1) is 18.9. The van der Waals surface area contributed by atoms with Gasteiger partial charge in [-0.05, 0) is 54.1 Å². The van der Waals surface area contributed by atoms with Gasteiger partial charge in [0.1, 0.15) is 0 Å². The van der Waals surface area contributed by atoms with Crippen LogP contribution in [-0.2, 0) is 4.79 Å². The number of methoxy groups -OCH3 is 1. The number of hydrogen-bond acceptors (Lipinski definition) is 5. The summed E-state index contributed by atoms with van der Waals surface area (Å²) in [4.78, 5) is 17.1. The molecule has 0 spiro atoms. The van der Waals surface area contributed by atoms with E-state index in [0.717, 1.165) is 11.3 Å². The smallest absolute Gasteiger partial charge is 0.387 e. The van der Waals surface area contributed by atoms with Crippen molar-refractivity contribution in [3.63, 3.8) is 0 Å². The van der Waals surface area contributed by atoms with Crippen molar-refractivity contribution in [3.8, 4) is 11.5 Å². The second-order valence-corrected chi connectivity index (χ2v) is 6.59. The third-order valence-electron chi connectivity index (χ3n) is 3.69. The summed E-state index contributed by atoms with van der Waals surface area (Å²) >= 11 is 1.20. The highest BCUT2D eigenvalue weighted by Gasteiger charge is 2.24. The molecule has 8 heteroatoms. The average molecular weight is 390 g/mol. The number of benzene rings is 2. The Kier molecular flexibility index (Phi) is 5.75. The van der Waals surface area contributed by atoms with Crippen molar-refractivity contribution in [1.29, 1.82) is 0 Å². The van der Waals surface area contributed by atoms with Gasteiger partial charge >= 0.3 is 6.61 Å². The number of nitrogens with zero attached hydrogens (tertiary/aromatic N) is 1. The number of carbonyl (C=O) groups excluding carboxylic acids is 1. The average Bonchev–Trinajstić information content (AvgIpc) is 2.97. The van der Waals surface area contributed by atoms with Crippen LogP contribution in [0.4, 0.5) is 14.5 Å². The second kappa shape index (κ2) is 8.22. The van der Waals surface area contributed by atoms with Crippen LogP contribution in [0.5, 0.6) is 11.5 Å². The Morgan fingerprint density at radius 1 is 1.19 bits per heavy atom. The molecular weight excluding hydrogens is 374 g/mol. The number of nitrogens with one attached hydrogen (secondary N) is 1. The number of aliphatic imine (C=N–C) groups is 1. The molecule has 1 fully saturated rings. The van der Waals surface area contributed by atoms with Gasteiger partial charge in [-0.3, -0.25) is 4.79 Å². The Morgan fingerprint density at radius 3 is 2.67 bits per heavy atom. The van der Waals surface area contributed by atoms with Crippen molar-refractivity contribution in [1.82, 2.24) is 5.32 Å². The molecule has 0 bridgehead atoms. The summed E-state index contributed by atoms with van der Waals surface area (Å²) in [6, 6.07) is 12.1. The van der Waals surface area contributed by atoms with Gasteiger partial charge < -0.3 is 14.8 Å². The van der Waals surface area contributed by atoms with Gasteiger partial charge in [0.2, 0.25) is 0 Å². The molecule has 1 amide bonds. The van der Waals surface area contributed by atoms with Gasteiger partial charge in [-0.2, -0.15) is 8.78 Å². The minimum absolute atomic E-state index is 0.0695.